The van der Waals surface area contributed by atoms with E-state index in [1.54, 1.807) is 0 Å². The summed E-state index contributed by atoms with van der Waals surface area (Å²) in [5, 5.41) is 0. The van der Waals surface area contributed by atoms with Gasteiger partial charge in [0.1, 0.15) is 11.7 Å². The van der Waals surface area contributed by atoms with E-state index in [2.05, 4.69) is 85.7 Å². The fourth-order valence-electron chi connectivity index (χ4n) is 3.52. The molecule has 0 fully saturated rings. The van der Waals surface area contributed by atoms with Crippen molar-refractivity contribution in [1.82, 2.24) is 0 Å². The van der Waals surface area contributed by atoms with Crippen LogP contribution in [0.25, 0.3) is 0 Å². The molecule has 0 unspecified atom stereocenters. The van der Waals surface area contributed by atoms with Gasteiger partial charge in [0.2, 0.25) is 0 Å². The Kier molecular flexibility index (Phi) is 4.29. The smallest absolute Gasteiger partial charge is 0.323 e. The summed E-state index contributed by atoms with van der Waals surface area (Å²) in [6.07, 6.45) is 0. The lowest BCUT2D eigenvalue weighted by Gasteiger charge is -2.27. The van der Waals surface area contributed by atoms with E-state index in [4.69, 9.17) is 4.74 Å². The first kappa shape index (κ1) is 18.7. The molecule has 2 heteroatoms. The molecule has 1 aliphatic rings. The van der Waals surface area contributed by atoms with Crippen molar-refractivity contribution < 1.29 is 9.53 Å². The number of carbonyl (C=O) groups is 1. The normalized spacial score (nSPS) is 17.2. The van der Waals surface area contributed by atoms with Gasteiger partial charge in [0.15, 0.2) is 0 Å². The van der Waals surface area contributed by atoms with E-state index < -0.39 is 0 Å². The number of rotatable bonds is 1. The summed E-state index contributed by atoms with van der Waals surface area (Å²) in [7, 11) is 0. The molecule has 138 valence electrons. The number of aryl methyl sites for hydroxylation is 2. The number of benzene rings is 2. The lowest BCUT2D eigenvalue weighted by atomic mass is 9.77. The second-order valence-corrected chi connectivity index (χ2v) is 9.64. The maximum atomic E-state index is 12.8. The summed E-state index contributed by atoms with van der Waals surface area (Å²) in [5.74, 6) is 0.256. The van der Waals surface area contributed by atoms with Crippen molar-refractivity contribution >= 4 is 5.97 Å². The van der Waals surface area contributed by atoms with Gasteiger partial charge in [-0.2, -0.15) is 0 Å². The Morgan fingerprint density at radius 1 is 0.846 bits per heavy atom. The molecule has 3 rings (SSSR count). The van der Waals surface area contributed by atoms with Crippen LogP contribution < -0.4 is 4.74 Å². The molecule has 0 aliphatic carbocycles. The summed E-state index contributed by atoms with van der Waals surface area (Å²) in [5.41, 5.74) is 6.73. The van der Waals surface area contributed by atoms with Crippen LogP contribution in [0.2, 0.25) is 0 Å². The van der Waals surface area contributed by atoms with E-state index in [1.165, 1.54) is 16.7 Å². The van der Waals surface area contributed by atoms with Crippen molar-refractivity contribution in [3.8, 4) is 5.75 Å². The maximum absolute atomic E-state index is 12.8. The largest absolute Gasteiger partial charge is 0.425 e. The molecule has 0 amide bonds. The molecule has 0 N–H and O–H groups in total. The topological polar surface area (TPSA) is 26.3 Å². The fraction of sp³-hybridized carbons (Fsp3) is 0.458. The Morgan fingerprint density at radius 3 is 2.04 bits per heavy atom. The predicted octanol–water partition coefficient (Wildman–Crippen LogP) is 5.95. The van der Waals surface area contributed by atoms with Crippen LogP contribution in [-0.2, 0) is 15.6 Å². The molecule has 0 spiro atoms. The zero-order chi connectivity index (χ0) is 19.4. The minimum absolute atomic E-state index is 0.00834. The highest BCUT2D eigenvalue weighted by molar-refractivity contribution is 5.90. The molecule has 2 aromatic rings. The summed E-state index contributed by atoms with van der Waals surface area (Å²) < 4.78 is 5.83. The monoisotopic (exact) mass is 350 g/mol. The summed E-state index contributed by atoms with van der Waals surface area (Å²) >= 11 is 0. The van der Waals surface area contributed by atoms with Crippen molar-refractivity contribution in [2.24, 2.45) is 0 Å². The van der Waals surface area contributed by atoms with E-state index in [-0.39, 0.29) is 22.7 Å². The minimum Gasteiger partial charge on any atom is -0.425 e. The number of esters is 1. The average molecular weight is 351 g/mol. The lowest BCUT2D eigenvalue weighted by molar-refractivity contribution is -0.133. The Labute approximate surface area is 157 Å². The average Bonchev–Trinajstić information content (AvgIpc) is 2.83. The van der Waals surface area contributed by atoms with Gasteiger partial charge in [-0.25, -0.2) is 0 Å². The molecule has 1 atom stereocenters. The molecule has 2 nitrogen and oxygen atoms in total. The molecule has 2 aromatic carbocycles. The molecule has 0 radical (unpaired) electrons. The van der Waals surface area contributed by atoms with Gasteiger partial charge in [-0.1, -0.05) is 71.9 Å². The Balaban J connectivity index is 2.26. The van der Waals surface area contributed by atoms with E-state index >= 15 is 0 Å². The highest BCUT2D eigenvalue weighted by atomic mass is 16.5. The Hall–Kier alpha value is -2.09. The quantitative estimate of drug-likeness (QED) is 0.469. The van der Waals surface area contributed by atoms with Crippen molar-refractivity contribution in [3.05, 3.63) is 63.7 Å². The second kappa shape index (κ2) is 5.97. The zero-order valence-corrected chi connectivity index (χ0v) is 17.3. The molecule has 0 saturated carbocycles. The van der Waals surface area contributed by atoms with Gasteiger partial charge in [0.05, 0.1) is 0 Å². The van der Waals surface area contributed by atoms with Crippen molar-refractivity contribution in [1.29, 1.82) is 0 Å². The van der Waals surface area contributed by atoms with Gasteiger partial charge in [-0.3, -0.25) is 4.79 Å². The fourth-order valence-corrected chi connectivity index (χ4v) is 3.52. The molecular weight excluding hydrogens is 320 g/mol. The van der Waals surface area contributed by atoms with E-state index in [9.17, 15) is 4.79 Å². The number of fused-ring (bicyclic) bond motifs is 1. The summed E-state index contributed by atoms with van der Waals surface area (Å²) in [6, 6.07) is 10.7. The first-order valence-electron chi connectivity index (χ1n) is 9.37. The summed E-state index contributed by atoms with van der Waals surface area (Å²) in [4.78, 5) is 12.8. The molecule has 26 heavy (non-hydrogen) atoms. The second-order valence-electron chi connectivity index (χ2n) is 9.64. The van der Waals surface area contributed by atoms with Gasteiger partial charge < -0.3 is 4.74 Å². The number of hydrogen-bond donors (Lipinski definition) is 0. The predicted molar refractivity (Wildman–Crippen MR) is 107 cm³/mol. The molecule has 0 bridgehead atoms. The highest BCUT2D eigenvalue weighted by Crippen LogP contribution is 2.47. The van der Waals surface area contributed by atoms with Crippen molar-refractivity contribution in [2.75, 3.05) is 0 Å². The maximum Gasteiger partial charge on any atom is 0.323 e. The Morgan fingerprint density at radius 2 is 1.50 bits per heavy atom. The van der Waals surface area contributed by atoms with Crippen LogP contribution in [0, 0.1) is 13.8 Å². The third kappa shape index (κ3) is 3.18. The number of hydrogen-bond acceptors (Lipinski definition) is 2. The molecule has 1 heterocycles. The van der Waals surface area contributed by atoms with Crippen molar-refractivity contribution in [3.63, 3.8) is 0 Å². The van der Waals surface area contributed by atoms with E-state index in [1.807, 2.05) is 0 Å². The van der Waals surface area contributed by atoms with Gasteiger partial charge in [-0.05, 0) is 46.9 Å². The highest BCUT2D eigenvalue weighted by Gasteiger charge is 2.39. The van der Waals surface area contributed by atoms with Crippen LogP contribution in [0.3, 0.4) is 0 Å². The third-order valence-corrected chi connectivity index (χ3v) is 5.41. The van der Waals surface area contributed by atoms with E-state index in [0.29, 0.717) is 0 Å². The van der Waals surface area contributed by atoms with Gasteiger partial charge in [-0.15, -0.1) is 0 Å². The summed E-state index contributed by atoms with van der Waals surface area (Å²) in [6.45, 7) is 17.3. The van der Waals surface area contributed by atoms with Gasteiger partial charge >= 0.3 is 5.97 Å². The minimum atomic E-state index is -0.340. The van der Waals surface area contributed by atoms with Crippen LogP contribution >= 0.6 is 0 Å². The first-order chi connectivity index (χ1) is 11.9. The van der Waals surface area contributed by atoms with Crippen LogP contribution in [-0.4, -0.2) is 5.97 Å². The van der Waals surface area contributed by atoms with Crippen LogP contribution in [0.5, 0.6) is 5.75 Å². The molecular formula is C24H30O2. The third-order valence-electron chi connectivity index (χ3n) is 5.41. The molecule has 0 saturated heterocycles. The molecule has 1 aliphatic heterocycles. The number of ether oxygens (including phenoxy) is 1. The van der Waals surface area contributed by atoms with Crippen LogP contribution in [0.15, 0.2) is 30.3 Å². The standard InChI is InChI=1S/C24H30O2/c1-14-9-10-16(11-15(14)2)20-18-12-17(23(3,4)5)13-19(24(6,7)8)21(18)26-22(20)25/h9-13,20H,1-8H3/t20-/m0/s1. The first-order valence-corrected chi connectivity index (χ1v) is 9.37. The SMILES string of the molecule is Cc1ccc([C@@H]2C(=O)Oc3c2cc(C(C)(C)C)cc3C(C)(C)C)cc1C. The van der Waals surface area contributed by atoms with Crippen LogP contribution in [0.4, 0.5) is 0 Å². The van der Waals surface area contributed by atoms with Crippen molar-refractivity contribution in [2.45, 2.75) is 72.1 Å². The lowest BCUT2D eigenvalue weighted by Crippen LogP contribution is -2.17. The van der Waals surface area contributed by atoms with Gasteiger partial charge in [0.25, 0.3) is 0 Å². The van der Waals surface area contributed by atoms with E-state index in [0.717, 1.165) is 22.4 Å². The zero-order valence-electron chi connectivity index (χ0n) is 17.3. The number of carbonyl (C=O) groups excluding carboxylic acids is 1. The van der Waals surface area contributed by atoms with Gasteiger partial charge in [0, 0.05) is 11.1 Å². The molecule has 0 aromatic heterocycles. The Bertz CT molecular complexity index is 876. The van der Waals surface area contributed by atoms with Crippen LogP contribution in [0.1, 0.15) is 80.8 Å².